The van der Waals surface area contributed by atoms with E-state index >= 15 is 0 Å². The summed E-state index contributed by atoms with van der Waals surface area (Å²) < 4.78 is 1.92. The van der Waals surface area contributed by atoms with Crippen molar-refractivity contribution in [2.45, 2.75) is 19.9 Å². The number of aromatic nitrogens is 2. The topological polar surface area (TPSA) is 96.7 Å². The molecule has 1 N–H and O–H groups in total. The lowest BCUT2D eigenvalue weighted by Crippen LogP contribution is -2.58. The number of hydrogen-bond donors (Lipinski definition) is 1. The predicted molar refractivity (Wildman–Crippen MR) is 95.9 cm³/mol. The van der Waals surface area contributed by atoms with E-state index in [2.05, 4.69) is 15.3 Å². The van der Waals surface area contributed by atoms with E-state index in [-0.39, 0.29) is 0 Å². The number of imidazole rings is 1. The highest BCUT2D eigenvalue weighted by Crippen LogP contribution is 2.21. The van der Waals surface area contributed by atoms with Gasteiger partial charge < -0.3 is 4.57 Å². The van der Waals surface area contributed by atoms with Gasteiger partial charge in [0, 0.05) is 31.7 Å². The van der Waals surface area contributed by atoms with E-state index < -0.39 is 23.8 Å². The largest absolute Gasteiger partial charge is 0.337 e. The number of nitrogens with one attached hydrogen (secondary N) is 1. The van der Waals surface area contributed by atoms with Crippen LogP contribution in [0.1, 0.15) is 12.0 Å². The Morgan fingerprint density at radius 1 is 1.31 bits per heavy atom. The second-order valence-electron chi connectivity index (χ2n) is 5.99. The normalized spacial score (nSPS) is 17.8. The van der Waals surface area contributed by atoms with Crippen LogP contribution in [0.5, 0.6) is 0 Å². The van der Waals surface area contributed by atoms with Gasteiger partial charge in [0.1, 0.15) is 0 Å². The van der Waals surface area contributed by atoms with Crippen molar-refractivity contribution >= 4 is 29.7 Å². The number of hydrogen-bond acceptors (Lipinski definition) is 5. The molecule has 0 spiro atoms. The summed E-state index contributed by atoms with van der Waals surface area (Å²) in [6, 6.07) is 6.24. The van der Waals surface area contributed by atoms with Crippen molar-refractivity contribution in [3.05, 3.63) is 48.5 Å². The molecule has 1 aromatic carbocycles. The van der Waals surface area contributed by atoms with Crippen molar-refractivity contribution < 1.29 is 14.4 Å². The number of nitrogens with zero attached hydrogens (tertiary/aromatic N) is 4. The zero-order valence-electron chi connectivity index (χ0n) is 14.3. The Labute approximate surface area is 150 Å². The zero-order chi connectivity index (χ0) is 18.5. The van der Waals surface area contributed by atoms with E-state index in [1.807, 2.05) is 23.8 Å². The number of aliphatic imine (C=N–C) groups is 1. The minimum Gasteiger partial charge on any atom is -0.337 e. The number of anilines is 1. The fraction of sp³-hybridized carbons (Fsp3) is 0.278. The Morgan fingerprint density at radius 3 is 2.88 bits per heavy atom. The van der Waals surface area contributed by atoms with Crippen molar-refractivity contribution in [1.29, 1.82) is 0 Å². The number of urea groups is 1. The standard InChI is InChI=1S/C18H19N5O3/c1-13-4-2-5-14(10-13)23-17(25)15(16(24)21-18(23)26)11-19-6-3-8-22-9-7-20-12-22/h2,4-5,7,9-12,15H,3,6,8H2,1H3,(H,21,24,26)/t15-/m0/s1. The fourth-order valence-corrected chi connectivity index (χ4v) is 2.68. The molecule has 3 rings (SSSR count). The minimum absolute atomic E-state index is 0.429. The molecule has 1 saturated heterocycles. The third kappa shape index (κ3) is 3.85. The first-order valence-electron chi connectivity index (χ1n) is 8.27. The van der Waals surface area contributed by atoms with Gasteiger partial charge in [0.05, 0.1) is 12.0 Å². The first kappa shape index (κ1) is 17.5. The van der Waals surface area contributed by atoms with Gasteiger partial charge in [-0.2, -0.15) is 0 Å². The number of aryl methyl sites for hydroxylation is 2. The highest BCUT2D eigenvalue weighted by atomic mass is 16.2. The van der Waals surface area contributed by atoms with Crippen LogP contribution in [0, 0.1) is 12.8 Å². The molecule has 0 bridgehead atoms. The molecule has 2 aromatic rings. The molecule has 8 heteroatoms. The first-order chi connectivity index (χ1) is 12.6. The smallest absolute Gasteiger partial charge is 0.335 e. The van der Waals surface area contributed by atoms with Gasteiger partial charge in [-0.05, 0) is 31.0 Å². The molecule has 1 fully saturated rings. The van der Waals surface area contributed by atoms with Gasteiger partial charge in [0.15, 0.2) is 5.92 Å². The van der Waals surface area contributed by atoms with Crippen LogP contribution in [0.15, 0.2) is 48.0 Å². The lowest BCUT2D eigenvalue weighted by Gasteiger charge is -2.28. The van der Waals surface area contributed by atoms with Crippen LogP contribution in [0.25, 0.3) is 0 Å². The number of carbonyl (C=O) groups excluding carboxylic acids is 3. The Kier molecular flexibility index (Phi) is 5.21. The summed E-state index contributed by atoms with van der Waals surface area (Å²) in [6.45, 7) is 3.07. The molecular weight excluding hydrogens is 334 g/mol. The molecule has 1 aliphatic rings. The van der Waals surface area contributed by atoms with E-state index in [9.17, 15) is 14.4 Å². The molecule has 0 radical (unpaired) electrons. The van der Waals surface area contributed by atoms with Crippen LogP contribution in [0.4, 0.5) is 10.5 Å². The number of benzene rings is 1. The maximum atomic E-state index is 12.6. The van der Waals surface area contributed by atoms with Gasteiger partial charge in [-0.25, -0.2) is 14.7 Å². The molecule has 4 amide bonds. The fourth-order valence-electron chi connectivity index (χ4n) is 2.68. The molecule has 0 aliphatic carbocycles. The van der Waals surface area contributed by atoms with Crippen LogP contribution >= 0.6 is 0 Å². The van der Waals surface area contributed by atoms with Gasteiger partial charge in [-0.1, -0.05) is 12.1 Å². The average molecular weight is 353 g/mol. The Bertz CT molecular complexity index is 844. The molecule has 26 heavy (non-hydrogen) atoms. The maximum Gasteiger partial charge on any atom is 0.335 e. The average Bonchev–Trinajstić information content (AvgIpc) is 3.10. The third-order valence-electron chi connectivity index (χ3n) is 3.98. The highest BCUT2D eigenvalue weighted by Gasteiger charge is 2.40. The van der Waals surface area contributed by atoms with Gasteiger partial charge >= 0.3 is 6.03 Å². The summed E-state index contributed by atoms with van der Waals surface area (Å²) in [5.41, 5.74) is 1.34. The summed E-state index contributed by atoms with van der Waals surface area (Å²) in [5.74, 6) is -2.36. The molecule has 0 unspecified atom stereocenters. The molecule has 0 saturated carbocycles. The number of carbonyl (C=O) groups is 3. The SMILES string of the molecule is Cc1cccc(N2C(=O)NC(=O)[C@H](C=NCCCn3ccnc3)C2=O)c1. The second kappa shape index (κ2) is 7.73. The minimum atomic E-state index is -1.11. The van der Waals surface area contributed by atoms with Gasteiger partial charge in [-0.15, -0.1) is 0 Å². The van der Waals surface area contributed by atoms with Gasteiger partial charge in [0.2, 0.25) is 5.91 Å². The Balaban J connectivity index is 1.66. The number of rotatable bonds is 6. The molecule has 8 nitrogen and oxygen atoms in total. The number of amides is 4. The Hall–Kier alpha value is -3.29. The summed E-state index contributed by atoms with van der Waals surface area (Å²) in [6.07, 6.45) is 7.34. The molecule has 1 aliphatic heterocycles. The molecule has 1 atom stereocenters. The van der Waals surface area contributed by atoms with E-state index in [1.165, 1.54) is 6.21 Å². The quantitative estimate of drug-likeness (QED) is 0.484. The lowest BCUT2D eigenvalue weighted by atomic mass is 10.1. The predicted octanol–water partition coefficient (Wildman–Crippen LogP) is 1.55. The van der Waals surface area contributed by atoms with Crippen LogP contribution in [-0.2, 0) is 16.1 Å². The molecule has 2 heterocycles. The summed E-state index contributed by atoms with van der Waals surface area (Å²) >= 11 is 0. The highest BCUT2D eigenvalue weighted by molar-refractivity contribution is 6.32. The number of barbiturate groups is 1. The summed E-state index contributed by atoms with van der Waals surface area (Å²) in [4.78, 5) is 45.9. The summed E-state index contributed by atoms with van der Waals surface area (Å²) in [5, 5.41) is 2.21. The Morgan fingerprint density at radius 2 is 2.15 bits per heavy atom. The van der Waals surface area contributed by atoms with E-state index in [0.717, 1.165) is 23.4 Å². The van der Waals surface area contributed by atoms with Gasteiger partial charge in [-0.3, -0.25) is 19.9 Å². The third-order valence-corrected chi connectivity index (χ3v) is 3.98. The lowest BCUT2D eigenvalue weighted by molar-refractivity contribution is -0.131. The number of imide groups is 2. The monoisotopic (exact) mass is 353 g/mol. The summed E-state index contributed by atoms with van der Waals surface area (Å²) in [7, 11) is 0. The van der Waals surface area contributed by atoms with Crippen molar-refractivity contribution in [3.8, 4) is 0 Å². The van der Waals surface area contributed by atoms with Crippen LogP contribution < -0.4 is 10.2 Å². The van der Waals surface area contributed by atoms with E-state index in [1.54, 1.807) is 30.7 Å². The van der Waals surface area contributed by atoms with Gasteiger partial charge in [0.25, 0.3) is 5.91 Å². The van der Waals surface area contributed by atoms with Crippen molar-refractivity contribution in [2.24, 2.45) is 10.9 Å². The first-order valence-corrected chi connectivity index (χ1v) is 8.27. The second-order valence-corrected chi connectivity index (χ2v) is 5.99. The van der Waals surface area contributed by atoms with Crippen LogP contribution in [-0.4, -0.2) is 40.2 Å². The molecular formula is C18H19N5O3. The molecule has 134 valence electrons. The van der Waals surface area contributed by atoms with Crippen molar-refractivity contribution in [2.75, 3.05) is 11.4 Å². The maximum absolute atomic E-state index is 12.6. The van der Waals surface area contributed by atoms with Crippen LogP contribution in [0.2, 0.25) is 0 Å². The zero-order valence-corrected chi connectivity index (χ0v) is 14.3. The van der Waals surface area contributed by atoms with Crippen molar-refractivity contribution in [3.63, 3.8) is 0 Å². The molecule has 1 aromatic heterocycles. The van der Waals surface area contributed by atoms with E-state index in [0.29, 0.717) is 12.2 Å². The van der Waals surface area contributed by atoms with E-state index in [4.69, 9.17) is 0 Å². The van der Waals surface area contributed by atoms with Crippen LogP contribution in [0.3, 0.4) is 0 Å². The van der Waals surface area contributed by atoms with Crippen molar-refractivity contribution in [1.82, 2.24) is 14.9 Å².